The van der Waals surface area contributed by atoms with Crippen molar-refractivity contribution in [1.29, 1.82) is 0 Å². The predicted octanol–water partition coefficient (Wildman–Crippen LogP) is 3.31. The molecule has 6 rings (SSSR count). The van der Waals surface area contributed by atoms with Crippen LogP contribution in [0.15, 0.2) is 119 Å². The standard InChI is InChI=1S/C28H24N2O9S2/c31-40(32,21-11-3-1-4-12-21)29-27(23-15-7-9-17-25(23)35-19-37-27)39-28(24-16-8-10-18-26(24)36-20-38-28)30-41(33,34)22-13-5-2-6-14-22/h1-18,29-30H,19-20H2. The molecule has 2 atom stereocenters. The van der Waals surface area contributed by atoms with Crippen molar-refractivity contribution < 1.29 is 40.5 Å². The third-order valence-electron chi connectivity index (χ3n) is 6.37. The topological polar surface area (TPSA) is 138 Å². The Morgan fingerprint density at radius 2 is 0.902 bits per heavy atom. The van der Waals surface area contributed by atoms with Gasteiger partial charge in [0, 0.05) is 0 Å². The fraction of sp³-hybridized carbons (Fsp3) is 0.143. The Hall–Kier alpha value is -3.82. The monoisotopic (exact) mass is 596 g/mol. The van der Waals surface area contributed by atoms with E-state index in [-0.39, 0.29) is 32.4 Å². The highest BCUT2D eigenvalue weighted by atomic mass is 32.2. The van der Waals surface area contributed by atoms with Gasteiger partial charge in [-0.25, -0.2) is 16.8 Å². The average Bonchev–Trinajstić information content (AvgIpc) is 2.98. The number of para-hydroxylation sites is 2. The first-order valence-corrected chi connectivity index (χ1v) is 15.3. The van der Waals surface area contributed by atoms with Crippen LogP contribution in [0.1, 0.15) is 11.1 Å². The van der Waals surface area contributed by atoms with Crippen LogP contribution < -0.4 is 18.9 Å². The first kappa shape index (κ1) is 27.4. The molecule has 2 heterocycles. The van der Waals surface area contributed by atoms with E-state index in [4.69, 9.17) is 23.7 Å². The van der Waals surface area contributed by atoms with Gasteiger partial charge in [-0.05, 0) is 48.5 Å². The predicted molar refractivity (Wildman–Crippen MR) is 144 cm³/mol. The van der Waals surface area contributed by atoms with Gasteiger partial charge in [0.15, 0.2) is 13.6 Å². The Morgan fingerprint density at radius 1 is 0.537 bits per heavy atom. The van der Waals surface area contributed by atoms with Crippen molar-refractivity contribution in [2.24, 2.45) is 0 Å². The highest BCUT2D eigenvalue weighted by molar-refractivity contribution is 7.89. The van der Waals surface area contributed by atoms with Crippen LogP contribution in [0.4, 0.5) is 0 Å². The van der Waals surface area contributed by atoms with Crippen molar-refractivity contribution in [2.45, 2.75) is 21.6 Å². The SMILES string of the molecule is O=S(=O)(NC1(OC2(NS(=O)(=O)c3ccccc3)OCOc3ccccc32)OCOc2ccccc21)c1ccccc1. The normalized spacial score (nSPS) is 22.0. The maximum absolute atomic E-state index is 13.7. The second-order valence-corrected chi connectivity index (χ2v) is 12.3. The summed E-state index contributed by atoms with van der Waals surface area (Å²) in [5, 5.41) is 0. The van der Waals surface area contributed by atoms with Gasteiger partial charge in [-0.1, -0.05) is 60.7 Å². The van der Waals surface area contributed by atoms with E-state index in [1.165, 1.54) is 36.4 Å². The summed E-state index contributed by atoms with van der Waals surface area (Å²) in [7, 11) is -8.66. The van der Waals surface area contributed by atoms with Crippen molar-refractivity contribution in [1.82, 2.24) is 9.44 Å². The van der Waals surface area contributed by atoms with Crippen molar-refractivity contribution in [3.8, 4) is 11.5 Å². The zero-order chi connectivity index (χ0) is 28.6. The quantitative estimate of drug-likeness (QED) is 0.293. The summed E-state index contributed by atoms with van der Waals surface area (Å²) in [6.07, 6.45) is 0. The van der Waals surface area contributed by atoms with Crippen LogP contribution in [0.5, 0.6) is 11.5 Å². The summed E-state index contributed by atoms with van der Waals surface area (Å²) in [6.45, 7) is -0.873. The molecule has 0 saturated heterocycles. The summed E-state index contributed by atoms with van der Waals surface area (Å²) in [6, 6.07) is 28.1. The molecule has 2 N–H and O–H groups in total. The average molecular weight is 597 g/mol. The molecule has 2 aliphatic rings. The van der Waals surface area contributed by atoms with Gasteiger partial charge in [-0.2, -0.15) is 9.44 Å². The second-order valence-electron chi connectivity index (χ2n) is 8.98. The lowest BCUT2D eigenvalue weighted by Crippen LogP contribution is -2.62. The minimum atomic E-state index is -4.33. The minimum Gasteiger partial charge on any atom is -0.467 e. The van der Waals surface area contributed by atoms with Crippen molar-refractivity contribution in [3.63, 3.8) is 0 Å². The van der Waals surface area contributed by atoms with Crippen molar-refractivity contribution in [2.75, 3.05) is 13.6 Å². The lowest BCUT2D eigenvalue weighted by Gasteiger charge is -2.46. The number of benzene rings is 4. The summed E-state index contributed by atoms with van der Waals surface area (Å²) in [4.78, 5) is -0.162. The van der Waals surface area contributed by atoms with E-state index in [9.17, 15) is 16.8 Å². The molecular formula is C28H24N2O9S2. The van der Waals surface area contributed by atoms with Crippen LogP contribution in [-0.2, 0) is 46.1 Å². The van der Waals surface area contributed by atoms with E-state index >= 15 is 0 Å². The van der Waals surface area contributed by atoms with E-state index in [2.05, 4.69) is 9.44 Å². The third-order valence-corrected chi connectivity index (χ3v) is 9.23. The largest absolute Gasteiger partial charge is 0.467 e. The molecule has 2 unspecified atom stereocenters. The molecule has 41 heavy (non-hydrogen) atoms. The molecule has 0 amide bonds. The van der Waals surface area contributed by atoms with Gasteiger partial charge < -0.3 is 9.47 Å². The second kappa shape index (κ2) is 10.5. The summed E-state index contributed by atoms with van der Waals surface area (Å²) >= 11 is 0. The molecule has 212 valence electrons. The molecule has 4 aromatic carbocycles. The molecule has 11 nitrogen and oxygen atoms in total. The molecule has 0 fully saturated rings. The number of nitrogens with one attached hydrogen (secondary N) is 2. The van der Waals surface area contributed by atoms with E-state index in [0.717, 1.165) is 0 Å². The molecular weight excluding hydrogens is 572 g/mol. The molecule has 2 aliphatic heterocycles. The van der Waals surface area contributed by atoms with Gasteiger partial charge in [0.25, 0.3) is 11.8 Å². The first-order valence-electron chi connectivity index (χ1n) is 12.3. The highest BCUT2D eigenvalue weighted by Gasteiger charge is 2.55. The van der Waals surface area contributed by atoms with E-state index in [0.29, 0.717) is 0 Å². The number of rotatable bonds is 8. The molecule has 0 spiro atoms. The molecule has 0 aromatic heterocycles. The molecule has 0 bridgehead atoms. The summed E-state index contributed by atoms with van der Waals surface area (Å²) < 4.78 is 89.4. The van der Waals surface area contributed by atoms with Gasteiger partial charge in [-0.3, -0.25) is 14.2 Å². The van der Waals surface area contributed by atoms with Gasteiger partial charge in [-0.15, -0.1) is 0 Å². The van der Waals surface area contributed by atoms with E-state index < -0.39 is 45.5 Å². The summed E-state index contributed by atoms with van der Waals surface area (Å²) in [5.41, 5.74) is 0.244. The van der Waals surface area contributed by atoms with E-state index in [1.807, 2.05) is 0 Å². The zero-order valence-corrected chi connectivity index (χ0v) is 22.9. The van der Waals surface area contributed by atoms with Crippen LogP contribution in [0, 0.1) is 0 Å². The maximum atomic E-state index is 13.7. The lowest BCUT2D eigenvalue weighted by molar-refractivity contribution is -0.409. The Bertz CT molecular complexity index is 1640. The molecule has 0 aliphatic carbocycles. The Morgan fingerprint density at radius 3 is 1.32 bits per heavy atom. The highest BCUT2D eigenvalue weighted by Crippen LogP contribution is 2.46. The Labute approximate surface area is 236 Å². The number of fused-ring (bicyclic) bond motifs is 2. The summed E-state index contributed by atoms with van der Waals surface area (Å²) in [5.74, 6) is -4.19. The third kappa shape index (κ3) is 5.20. The van der Waals surface area contributed by atoms with Gasteiger partial charge >= 0.3 is 0 Å². The lowest BCUT2D eigenvalue weighted by atomic mass is 10.1. The smallest absolute Gasteiger partial charge is 0.279 e. The first-order chi connectivity index (χ1) is 19.7. The van der Waals surface area contributed by atoms with Crippen LogP contribution in [0.3, 0.4) is 0 Å². The fourth-order valence-electron chi connectivity index (χ4n) is 4.49. The Kier molecular flexibility index (Phi) is 7.03. The minimum absolute atomic E-state index is 0.0808. The fourth-order valence-corrected chi connectivity index (χ4v) is 6.88. The number of sulfonamides is 2. The zero-order valence-electron chi connectivity index (χ0n) is 21.3. The van der Waals surface area contributed by atoms with Crippen LogP contribution in [-0.4, -0.2) is 30.4 Å². The van der Waals surface area contributed by atoms with Gasteiger partial charge in [0.2, 0.25) is 20.0 Å². The molecule has 0 saturated carbocycles. The van der Waals surface area contributed by atoms with Gasteiger partial charge in [0.1, 0.15) is 11.5 Å². The van der Waals surface area contributed by atoms with E-state index in [1.54, 1.807) is 72.8 Å². The number of hydrogen-bond donors (Lipinski definition) is 2. The molecule has 13 heteroatoms. The van der Waals surface area contributed by atoms with Crippen molar-refractivity contribution >= 4 is 20.0 Å². The molecule has 0 radical (unpaired) electrons. The van der Waals surface area contributed by atoms with Gasteiger partial charge in [0.05, 0.1) is 20.9 Å². The molecule has 4 aromatic rings. The van der Waals surface area contributed by atoms with Crippen LogP contribution in [0.2, 0.25) is 0 Å². The number of hydrogen-bond acceptors (Lipinski definition) is 9. The number of ether oxygens (including phenoxy) is 5. The Balaban J connectivity index is 1.54. The van der Waals surface area contributed by atoms with Crippen LogP contribution >= 0.6 is 0 Å². The van der Waals surface area contributed by atoms with Crippen molar-refractivity contribution in [3.05, 3.63) is 120 Å². The maximum Gasteiger partial charge on any atom is 0.279 e. The van der Waals surface area contributed by atoms with Crippen LogP contribution in [0.25, 0.3) is 0 Å².